The summed E-state index contributed by atoms with van der Waals surface area (Å²) >= 11 is 0. The summed E-state index contributed by atoms with van der Waals surface area (Å²) < 4.78 is 30.6. The maximum absolute atomic E-state index is 13.7. The van der Waals surface area contributed by atoms with Gasteiger partial charge in [-0.05, 0) is 60.8 Å². The zero-order valence-corrected chi connectivity index (χ0v) is 19.6. The second-order valence-corrected chi connectivity index (χ2v) is 10.2. The van der Waals surface area contributed by atoms with E-state index in [1.807, 2.05) is 0 Å². The van der Waals surface area contributed by atoms with E-state index >= 15 is 0 Å². The molecular weight excluding hydrogens is 446 g/mol. The molecular formula is C22H29N5O5S. The summed E-state index contributed by atoms with van der Waals surface area (Å²) in [6, 6.07) is 1.42. The lowest BCUT2D eigenvalue weighted by atomic mass is 9.99. The van der Waals surface area contributed by atoms with Gasteiger partial charge in [0.25, 0.3) is 0 Å². The van der Waals surface area contributed by atoms with Crippen LogP contribution in [0, 0.1) is 0 Å². The van der Waals surface area contributed by atoms with Crippen molar-refractivity contribution in [2.24, 2.45) is 15.1 Å². The normalized spacial score (nSPS) is 21.2. The molecule has 0 saturated carbocycles. The maximum atomic E-state index is 13.7. The quantitative estimate of drug-likeness (QED) is 0.594. The first-order chi connectivity index (χ1) is 15.8. The Hall–Kier alpha value is -2.92. The van der Waals surface area contributed by atoms with Crippen LogP contribution in [0.2, 0.25) is 0 Å². The number of methoxy groups -OCH3 is 1. The number of nitrogens with zero attached hydrogens (tertiary/aromatic N) is 2. The molecule has 0 bridgehead atoms. The Morgan fingerprint density at radius 1 is 1.24 bits per heavy atom. The standard InChI is InChI=1S/C22H29N5O5S/c1-13(28)26-33(30,19(10-23)21-24-11-16(31-2)12-32-21)27-22(29)25-20-17-7-3-5-14(17)9-15-6-4-8-18(15)20/h9-10,16H,3-8,11-12,23H2,1-2H3,(H2,25,26,27,28,29,30)/t16-,33?/m0/s1. The minimum absolute atomic E-state index is 0.0393. The predicted molar refractivity (Wildman–Crippen MR) is 125 cm³/mol. The molecule has 0 radical (unpaired) electrons. The van der Waals surface area contributed by atoms with E-state index < -0.39 is 21.9 Å². The molecule has 1 aromatic carbocycles. The average molecular weight is 476 g/mol. The van der Waals surface area contributed by atoms with Gasteiger partial charge < -0.3 is 20.5 Å². The average Bonchev–Trinajstić information content (AvgIpc) is 3.43. The summed E-state index contributed by atoms with van der Waals surface area (Å²) in [5, 5.41) is 2.86. The van der Waals surface area contributed by atoms with Gasteiger partial charge in [-0.1, -0.05) is 6.07 Å². The maximum Gasteiger partial charge on any atom is 0.355 e. The first-order valence-electron chi connectivity index (χ1n) is 11.0. The van der Waals surface area contributed by atoms with Gasteiger partial charge in [0.05, 0.1) is 6.54 Å². The third-order valence-electron chi connectivity index (χ3n) is 6.04. The summed E-state index contributed by atoms with van der Waals surface area (Å²) in [6.45, 7) is 1.60. The number of fused-ring (bicyclic) bond motifs is 2. The third kappa shape index (κ3) is 4.74. The number of anilines is 1. The summed E-state index contributed by atoms with van der Waals surface area (Å²) in [6.07, 6.45) is 6.50. The lowest BCUT2D eigenvalue weighted by Gasteiger charge is -2.23. The predicted octanol–water partition coefficient (Wildman–Crippen LogP) is 1.96. The molecule has 0 saturated heterocycles. The Labute approximate surface area is 193 Å². The van der Waals surface area contributed by atoms with Crippen molar-refractivity contribution < 1.29 is 23.3 Å². The van der Waals surface area contributed by atoms with E-state index in [4.69, 9.17) is 15.2 Å². The van der Waals surface area contributed by atoms with Crippen molar-refractivity contribution in [3.05, 3.63) is 39.4 Å². The number of nitrogens with two attached hydrogens (primary N) is 1. The van der Waals surface area contributed by atoms with Gasteiger partial charge in [0.2, 0.25) is 11.8 Å². The largest absolute Gasteiger partial charge is 0.474 e. The zero-order valence-electron chi connectivity index (χ0n) is 18.8. The van der Waals surface area contributed by atoms with E-state index in [9.17, 15) is 13.8 Å². The van der Waals surface area contributed by atoms with E-state index in [1.165, 1.54) is 25.2 Å². The van der Waals surface area contributed by atoms with Gasteiger partial charge >= 0.3 is 6.03 Å². The molecule has 33 heavy (non-hydrogen) atoms. The van der Waals surface area contributed by atoms with Gasteiger partial charge in [-0.25, -0.2) is 14.0 Å². The van der Waals surface area contributed by atoms with Crippen LogP contribution < -0.4 is 15.8 Å². The number of aliphatic imine (C=N–C) groups is 1. The first kappa shape index (κ1) is 23.2. The van der Waals surface area contributed by atoms with Crippen molar-refractivity contribution in [2.45, 2.75) is 51.6 Å². The molecule has 11 heteroatoms. The van der Waals surface area contributed by atoms with E-state index in [2.05, 4.69) is 25.5 Å². The van der Waals surface area contributed by atoms with E-state index in [0.717, 1.165) is 61.5 Å². The van der Waals surface area contributed by atoms with Crippen molar-refractivity contribution in [1.82, 2.24) is 4.72 Å². The summed E-state index contributed by atoms with van der Waals surface area (Å²) in [5.74, 6) is -0.675. The number of hydrogen-bond acceptors (Lipinski definition) is 7. The smallest absolute Gasteiger partial charge is 0.355 e. The molecule has 178 valence electrons. The molecule has 4 N–H and O–H groups in total. The Kier molecular flexibility index (Phi) is 6.71. The topological polar surface area (TPSA) is 144 Å². The van der Waals surface area contributed by atoms with Gasteiger partial charge in [-0.2, -0.15) is 0 Å². The van der Waals surface area contributed by atoms with Crippen molar-refractivity contribution in [3.8, 4) is 0 Å². The molecule has 1 unspecified atom stereocenters. The Morgan fingerprint density at radius 2 is 1.91 bits per heavy atom. The number of urea groups is 1. The number of carbonyl (C=O) groups excluding carboxylic acids is 2. The Bertz CT molecular complexity index is 1130. The summed E-state index contributed by atoms with van der Waals surface area (Å²) in [4.78, 5) is 28.9. The number of benzene rings is 1. The van der Waals surface area contributed by atoms with Crippen molar-refractivity contribution in [1.29, 1.82) is 0 Å². The number of ether oxygens (including phenoxy) is 2. The third-order valence-corrected chi connectivity index (χ3v) is 7.93. The first-order valence-corrected chi connectivity index (χ1v) is 12.5. The van der Waals surface area contributed by atoms with Crippen LogP contribution in [0.15, 0.2) is 26.5 Å². The van der Waals surface area contributed by atoms with Crippen LogP contribution >= 0.6 is 0 Å². The molecule has 2 aliphatic carbocycles. The van der Waals surface area contributed by atoms with E-state index in [0.29, 0.717) is 0 Å². The summed E-state index contributed by atoms with van der Waals surface area (Å²) in [5.41, 5.74) is 11.2. The lowest BCUT2D eigenvalue weighted by Crippen LogP contribution is -2.37. The highest BCUT2D eigenvalue weighted by Gasteiger charge is 2.30. The Morgan fingerprint density at radius 3 is 2.42 bits per heavy atom. The minimum Gasteiger partial charge on any atom is -0.474 e. The van der Waals surface area contributed by atoms with E-state index in [-0.39, 0.29) is 30.1 Å². The lowest BCUT2D eigenvalue weighted by molar-refractivity contribution is -0.117. The molecule has 4 rings (SSSR count). The van der Waals surface area contributed by atoms with Gasteiger partial charge in [-0.3, -0.25) is 9.52 Å². The summed E-state index contributed by atoms with van der Waals surface area (Å²) in [7, 11) is -2.26. The number of carbonyl (C=O) groups is 2. The van der Waals surface area contributed by atoms with Crippen LogP contribution in [-0.4, -0.2) is 48.4 Å². The van der Waals surface area contributed by atoms with Crippen molar-refractivity contribution in [2.75, 3.05) is 25.6 Å². The highest BCUT2D eigenvalue weighted by molar-refractivity contribution is 7.97. The second kappa shape index (κ2) is 9.52. The molecule has 10 nitrogen and oxygen atoms in total. The highest BCUT2D eigenvalue weighted by atomic mass is 32.2. The molecule has 0 aromatic heterocycles. The molecule has 1 aliphatic heterocycles. The van der Waals surface area contributed by atoms with Crippen LogP contribution in [0.5, 0.6) is 0 Å². The van der Waals surface area contributed by atoms with Crippen LogP contribution in [-0.2, 0) is 49.9 Å². The number of nitrogens with one attached hydrogen (secondary N) is 2. The van der Waals surface area contributed by atoms with Crippen LogP contribution in [0.4, 0.5) is 10.5 Å². The number of rotatable bonds is 5. The van der Waals surface area contributed by atoms with Gasteiger partial charge in [0.15, 0.2) is 9.92 Å². The zero-order chi connectivity index (χ0) is 23.6. The van der Waals surface area contributed by atoms with Crippen molar-refractivity contribution in [3.63, 3.8) is 0 Å². The van der Waals surface area contributed by atoms with Crippen LogP contribution in [0.1, 0.15) is 42.0 Å². The van der Waals surface area contributed by atoms with Gasteiger partial charge in [0.1, 0.15) is 17.6 Å². The van der Waals surface area contributed by atoms with Crippen LogP contribution in [0.25, 0.3) is 0 Å². The molecule has 0 fully saturated rings. The molecule has 1 heterocycles. The fourth-order valence-corrected chi connectivity index (χ4v) is 6.03. The minimum atomic E-state index is -3.80. The number of aryl methyl sites for hydroxylation is 2. The van der Waals surface area contributed by atoms with Crippen molar-refractivity contribution >= 4 is 33.4 Å². The monoisotopic (exact) mass is 475 g/mol. The van der Waals surface area contributed by atoms with E-state index in [1.54, 1.807) is 0 Å². The SMILES string of the molecule is CO[C@H]1CN=C(C(=CN)S(=O)(=NC(=O)Nc2c3c(cc4c2CCC4)CCC3)NC(C)=O)OC1. The molecule has 1 aromatic rings. The molecule has 3 aliphatic rings. The Balaban J connectivity index is 1.69. The number of hydrogen-bond donors (Lipinski definition) is 3. The second-order valence-electron chi connectivity index (χ2n) is 8.29. The van der Waals surface area contributed by atoms with Crippen LogP contribution in [0.3, 0.4) is 0 Å². The van der Waals surface area contributed by atoms with Gasteiger partial charge in [0, 0.05) is 25.9 Å². The fraction of sp³-hybridized carbons (Fsp3) is 0.500. The van der Waals surface area contributed by atoms with Gasteiger partial charge in [-0.15, -0.1) is 4.36 Å². The number of amides is 3. The molecule has 0 spiro atoms. The highest BCUT2D eigenvalue weighted by Crippen LogP contribution is 2.38. The molecule has 3 amide bonds. The fourth-order valence-electron chi connectivity index (χ4n) is 4.56. The molecule has 2 atom stereocenters.